The summed E-state index contributed by atoms with van der Waals surface area (Å²) in [5.41, 5.74) is 2.41. The smallest absolute Gasteiger partial charge is 0.254 e. The number of amides is 2. The van der Waals surface area contributed by atoms with Gasteiger partial charge < -0.3 is 24.4 Å². The molecule has 0 spiro atoms. The van der Waals surface area contributed by atoms with E-state index in [0.717, 1.165) is 24.1 Å². The first-order valence-corrected chi connectivity index (χ1v) is 10.8. The fraction of sp³-hybridized carbons (Fsp3) is 0.417. The third kappa shape index (κ3) is 4.04. The van der Waals surface area contributed by atoms with Gasteiger partial charge in [-0.15, -0.1) is 0 Å². The number of ether oxygens (including phenoxy) is 3. The number of hydrogen-bond donors (Lipinski definition) is 1. The number of carbonyl (C=O) groups is 2. The van der Waals surface area contributed by atoms with Gasteiger partial charge in [-0.25, -0.2) is 0 Å². The number of carbonyl (C=O) groups excluding carboxylic acids is 2. The second kappa shape index (κ2) is 8.13. The van der Waals surface area contributed by atoms with Crippen LogP contribution < -0.4 is 19.5 Å². The third-order valence-corrected chi connectivity index (χ3v) is 6.40. The number of anilines is 1. The van der Waals surface area contributed by atoms with Crippen LogP contribution in [0.2, 0.25) is 0 Å². The molecule has 0 aromatic heterocycles. The number of piperidine rings is 1. The van der Waals surface area contributed by atoms with Crippen LogP contribution in [0.15, 0.2) is 36.4 Å². The van der Waals surface area contributed by atoms with Gasteiger partial charge in [0.1, 0.15) is 5.75 Å². The van der Waals surface area contributed by atoms with Crippen LogP contribution in [0.1, 0.15) is 35.2 Å². The second-order valence-electron chi connectivity index (χ2n) is 8.52. The van der Waals surface area contributed by atoms with Crippen molar-refractivity contribution in [3.8, 4) is 17.2 Å². The third-order valence-electron chi connectivity index (χ3n) is 6.40. The highest BCUT2D eigenvalue weighted by molar-refractivity contribution is 5.95. The molecule has 2 aromatic carbocycles. The first-order valence-electron chi connectivity index (χ1n) is 10.8. The molecule has 0 aliphatic carbocycles. The van der Waals surface area contributed by atoms with E-state index in [0.29, 0.717) is 48.9 Å². The minimum Gasteiger partial charge on any atom is -0.491 e. The van der Waals surface area contributed by atoms with Crippen LogP contribution in [-0.4, -0.2) is 43.2 Å². The Bertz CT molecular complexity index is 1020. The van der Waals surface area contributed by atoms with E-state index in [4.69, 9.17) is 14.2 Å². The molecular weight excluding hydrogens is 396 g/mol. The summed E-state index contributed by atoms with van der Waals surface area (Å²) in [5.74, 6) is 2.41. The topological polar surface area (TPSA) is 77.1 Å². The zero-order valence-electron chi connectivity index (χ0n) is 17.6. The Labute approximate surface area is 181 Å². The number of rotatable bonds is 1. The van der Waals surface area contributed by atoms with Crippen molar-refractivity contribution >= 4 is 17.5 Å². The monoisotopic (exact) mass is 422 g/mol. The van der Waals surface area contributed by atoms with E-state index in [9.17, 15) is 9.59 Å². The zero-order valence-corrected chi connectivity index (χ0v) is 17.6. The van der Waals surface area contributed by atoms with Gasteiger partial charge in [-0.05, 0) is 67.5 Å². The Hall–Kier alpha value is -3.22. The highest BCUT2D eigenvalue weighted by atomic mass is 16.7. The Kier molecular flexibility index (Phi) is 5.18. The maximum atomic E-state index is 13.1. The fourth-order valence-electron chi connectivity index (χ4n) is 4.70. The summed E-state index contributed by atoms with van der Waals surface area (Å²) >= 11 is 0. The fourth-order valence-corrected chi connectivity index (χ4v) is 4.70. The maximum Gasteiger partial charge on any atom is 0.254 e. The van der Waals surface area contributed by atoms with Crippen molar-refractivity contribution in [1.82, 2.24) is 4.90 Å². The first-order chi connectivity index (χ1) is 15.1. The van der Waals surface area contributed by atoms with Gasteiger partial charge in [0, 0.05) is 25.1 Å². The number of benzene rings is 2. The van der Waals surface area contributed by atoms with Crippen LogP contribution in [0.4, 0.5) is 5.69 Å². The lowest BCUT2D eigenvalue weighted by Crippen LogP contribution is -2.45. The number of nitrogens with one attached hydrogen (secondary N) is 1. The Morgan fingerprint density at radius 1 is 1.00 bits per heavy atom. The average molecular weight is 422 g/mol. The Morgan fingerprint density at radius 3 is 2.74 bits per heavy atom. The Morgan fingerprint density at radius 2 is 1.84 bits per heavy atom. The lowest BCUT2D eigenvalue weighted by atomic mass is 9.80. The van der Waals surface area contributed by atoms with E-state index < -0.39 is 0 Å². The summed E-state index contributed by atoms with van der Waals surface area (Å²) in [4.78, 5) is 27.7. The predicted molar refractivity (Wildman–Crippen MR) is 115 cm³/mol. The lowest BCUT2D eigenvalue weighted by molar-refractivity contribution is -0.118. The van der Waals surface area contributed by atoms with E-state index in [1.54, 1.807) is 18.2 Å². The van der Waals surface area contributed by atoms with Gasteiger partial charge >= 0.3 is 0 Å². The summed E-state index contributed by atoms with van der Waals surface area (Å²) in [7, 11) is 0. The summed E-state index contributed by atoms with van der Waals surface area (Å²) in [6, 6.07) is 11.1. The first kappa shape index (κ1) is 19.7. The molecule has 31 heavy (non-hydrogen) atoms. The maximum absolute atomic E-state index is 13.1. The molecule has 0 bridgehead atoms. The van der Waals surface area contributed by atoms with Gasteiger partial charge in [-0.3, -0.25) is 9.59 Å². The number of aryl methyl sites for hydroxylation is 1. The quantitative estimate of drug-likeness (QED) is 0.760. The molecule has 5 rings (SSSR count). The molecule has 2 aromatic rings. The molecule has 3 aliphatic heterocycles. The molecule has 1 fully saturated rings. The van der Waals surface area contributed by atoms with Crippen LogP contribution in [0.5, 0.6) is 17.2 Å². The predicted octanol–water partition coefficient (Wildman–Crippen LogP) is 3.61. The van der Waals surface area contributed by atoms with Gasteiger partial charge in [0.25, 0.3) is 5.91 Å². The van der Waals surface area contributed by atoms with Gasteiger partial charge in [0.15, 0.2) is 11.5 Å². The van der Waals surface area contributed by atoms with E-state index in [1.165, 1.54) is 0 Å². The molecule has 0 saturated carbocycles. The molecule has 2 atom stereocenters. The van der Waals surface area contributed by atoms with Crippen molar-refractivity contribution in [2.45, 2.75) is 26.2 Å². The minimum atomic E-state index is -0.0139. The van der Waals surface area contributed by atoms with E-state index in [-0.39, 0.29) is 30.4 Å². The standard InChI is InChI=1S/C24H26N2O5/c1-15-2-4-20-19(10-15)25-23(27)12-16-6-8-26(13-18(16)7-9-29-20)24(28)17-3-5-21-22(11-17)31-14-30-21/h2-5,10-11,16,18H,6-9,12-14H2,1H3,(H,25,27)/t16-,18-/m0/s1. The molecule has 162 valence electrons. The molecule has 7 heteroatoms. The van der Waals surface area contributed by atoms with Gasteiger partial charge in [-0.2, -0.15) is 0 Å². The number of hydrogen-bond acceptors (Lipinski definition) is 5. The van der Waals surface area contributed by atoms with Crippen LogP contribution >= 0.6 is 0 Å². The van der Waals surface area contributed by atoms with Crippen molar-refractivity contribution < 1.29 is 23.8 Å². The number of fused-ring (bicyclic) bond motifs is 3. The van der Waals surface area contributed by atoms with Crippen LogP contribution in [-0.2, 0) is 4.79 Å². The van der Waals surface area contributed by atoms with Crippen LogP contribution in [0, 0.1) is 18.8 Å². The van der Waals surface area contributed by atoms with Crippen LogP contribution in [0.3, 0.4) is 0 Å². The normalized spacial score (nSPS) is 22.6. The summed E-state index contributed by atoms with van der Waals surface area (Å²) in [6.07, 6.45) is 2.06. The van der Waals surface area contributed by atoms with Crippen LogP contribution in [0.25, 0.3) is 0 Å². The highest BCUT2D eigenvalue weighted by Gasteiger charge is 2.34. The number of nitrogens with zero attached hydrogens (tertiary/aromatic N) is 1. The molecule has 1 N–H and O–H groups in total. The largest absolute Gasteiger partial charge is 0.491 e. The summed E-state index contributed by atoms with van der Waals surface area (Å²) < 4.78 is 16.8. The van der Waals surface area contributed by atoms with Crippen molar-refractivity contribution in [3.05, 3.63) is 47.5 Å². The molecule has 1 saturated heterocycles. The zero-order chi connectivity index (χ0) is 21.4. The minimum absolute atomic E-state index is 0.00268. The van der Waals surface area contributed by atoms with E-state index in [1.807, 2.05) is 30.0 Å². The van der Waals surface area contributed by atoms with Crippen molar-refractivity contribution in [3.63, 3.8) is 0 Å². The molecule has 3 heterocycles. The van der Waals surface area contributed by atoms with Gasteiger partial charge in [0.2, 0.25) is 12.7 Å². The molecule has 7 nitrogen and oxygen atoms in total. The van der Waals surface area contributed by atoms with Gasteiger partial charge in [-0.1, -0.05) is 6.07 Å². The highest BCUT2D eigenvalue weighted by Crippen LogP contribution is 2.35. The SMILES string of the molecule is Cc1ccc2c(c1)NC(=O)C[C@@H]1CCN(C(=O)c3ccc4c(c3)OCO4)C[C@@H]1CCO2. The summed E-state index contributed by atoms with van der Waals surface area (Å²) in [5, 5.41) is 3.02. The number of likely N-dealkylation sites (tertiary alicyclic amines) is 1. The van der Waals surface area contributed by atoms with E-state index in [2.05, 4.69) is 5.32 Å². The lowest BCUT2D eigenvalue weighted by Gasteiger charge is -2.39. The van der Waals surface area contributed by atoms with Gasteiger partial charge in [0.05, 0.1) is 12.3 Å². The second-order valence-corrected chi connectivity index (χ2v) is 8.52. The Balaban J connectivity index is 1.30. The average Bonchev–Trinajstić information content (AvgIpc) is 3.23. The molecule has 0 radical (unpaired) electrons. The van der Waals surface area contributed by atoms with E-state index >= 15 is 0 Å². The molecule has 3 aliphatic rings. The molecular formula is C24H26N2O5. The van der Waals surface area contributed by atoms with Crippen molar-refractivity contribution in [2.24, 2.45) is 11.8 Å². The molecule has 2 amide bonds. The molecule has 0 unspecified atom stereocenters. The van der Waals surface area contributed by atoms with Crippen molar-refractivity contribution in [2.75, 3.05) is 31.8 Å². The van der Waals surface area contributed by atoms with Crippen molar-refractivity contribution in [1.29, 1.82) is 0 Å². The summed E-state index contributed by atoms with van der Waals surface area (Å²) in [6.45, 7) is 3.99.